The number of hydrogen-bond donors (Lipinski definition) is 1. The van der Waals surface area contributed by atoms with Crippen LogP contribution in [0.15, 0.2) is 70.2 Å². The maximum atomic E-state index is 13.1. The largest absolute Gasteiger partial charge is 0.455 e. The molecule has 1 heterocycles. The van der Waals surface area contributed by atoms with Gasteiger partial charge in [0.2, 0.25) is 0 Å². The van der Waals surface area contributed by atoms with E-state index in [1.54, 1.807) is 24.3 Å². The number of carbonyl (C=O) groups is 1. The predicted octanol–water partition coefficient (Wildman–Crippen LogP) is 3.76. The zero-order valence-corrected chi connectivity index (χ0v) is 13.3. The molecule has 130 valence electrons. The minimum Gasteiger partial charge on any atom is -0.455 e. The average molecular weight is 353 g/mol. The highest BCUT2D eigenvalue weighted by molar-refractivity contribution is 5.94. The van der Waals surface area contributed by atoms with Gasteiger partial charge in [0.25, 0.3) is 11.6 Å². The number of amides is 1. The molecule has 0 bridgehead atoms. The summed E-state index contributed by atoms with van der Waals surface area (Å²) in [6, 6.07) is 14.5. The van der Waals surface area contributed by atoms with Gasteiger partial charge in [-0.25, -0.2) is 9.82 Å². The van der Waals surface area contributed by atoms with Crippen molar-refractivity contribution < 1.29 is 18.5 Å². The number of nitrogens with zero attached hydrogens (tertiary/aromatic N) is 2. The van der Waals surface area contributed by atoms with E-state index in [1.165, 1.54) is 36.5 Å². The van der Waals surface area contributed by atoms with Gasteiger partial charge in [-0.3, -0.25) is 14.9 Å². The summed E-state index contributed by atoms with van der Waals surface area (Å²) in [4.78, 5) is 22.2. The molecule has 0 radical (unpaired) electrons. The molecule has 0 aliphatic heterocycles. The molecule has 0 fully saturated rings. The molecule has 8 heteroatoms. The second-order valence-electron chi connectivity index (χ2n) is 5.22. The monoisotopic (exact) mass is 353 g/mol. The Labute approximate surface area is 146 Å². The van der Waals surface area contributed by atoms with E-state index >= 15 is 0 Å². The zero-order valence-electron chi connectivity index (χ0n) is 13.3. The van der Waals surface area contributed by atoms with Crippen molar-refractivity contribution >= 4 is 17.8 Å². The van der Waals surface area contributed by atoms with Gasteiger partial charge in [0.05, 0.1) is 11.1 Å². The van der Waals surface area contributed by atoms with Crippen LogP contribution in [0.1, 0.15) is 16.1 Å². The molecule has 1 amide bonds. The van der Waals surface area contributed by atoms with E-state index in [2.05, 4.69) is 10.5 Å². The number of hydrogen-bond acceptors (Lipinski definition) is 5. The number of hydrazone groups is 1. The van der Waals surface area contributed by atoms with Gasteiger partial charge < -0.3 is 4.42 Å². The highest BCUT2D eigenvalue weighted by atomic mass is 19.1. The highest BCUT2D eigenvalue weighted by Crippen LogP contribution is 2.25. The summed E-state index contributed by atoms with van der Waals surface area (Å²) in [5.74, 6) is -0.321. The molecule has 0 aliphatic carbocycles. The molecule has 0 saturated carbocycles. The van der Waals surface area contributed by atoms with Crippen LogP contribution in [-0.4, -0.2) is 17.0 Å². The van der Waals surface area contributed by atoms with Crippen molar-refractivity contribution in [1.82, 2.24) is 5.43 Å². The van der Waals surface area contributed by atoms with Crippen molar-refractivity contribution in [2.24, 2.45) is 5.10 Å². The van der Waals surface area contributed by atoms with Crippen LogP contribution in [0.25, 0.3) is 11.3 Å². The van der Waals surface area contributed by atoms with Crippen LogP contribution in [0, 0.1) is 15.9 Å². The molecule has 3 rings (SSSR count). The van der Waals surface area contributed by atoms with Crippen LogP contribution in [0.2, 0.25) is 0 Å². The predicted molar refractivity (Wildman–Crippen MR) is 92.3 cm³/mol. The lowest BCUT2D eigenvalue weighted by Crippen LogP contribution is -2.17. The second-order valence-corrected chi connectivity index (χ2v) is 5.22. The van der Waals surface area contributed by atoms with E-state index in [4.69, 9.17) is 4.42 Å². The summed E-state index contributed by atoms with van der Waals surface area (Å²) >= 11 is 0. The van der Waals surface area contributed by atoms with Gasteiger partial charge in [0, 0.05) is 23.3 Å². The number of non-ortho nitro benzene ring substituents is 1. The van der Waals surface area contributed by atoms with Gasteiger partial charge in [-0.1, -0.05) is 18.2 Å². The smallest absolute Gasteiger partial charge is 0.271 e. The number of halogens is 1. The quantitative estimate of drug-likeness (QED) is 0.429. The third-order valence-electron chi connectivity index (χ3n) is 3.41. The molecule has 2 aromatic carbocycles. The molecular weight excluding hydrogens is 341 g/mol. The molecule has 7 nitrogen and oxygen atoms in total. The van der Waals surface area contributed by atoms with Gasteiger partial charge in [-0.05, 0) is 30.3 Å². The first-order chi connectivity index (χ1) is 12.5. The second kappa shape index (κ2) is 7.39. The first kappa shape index (κ1) is 17.0. The number of nitro benzene ring substituents is 1. The van der Waals surface area contributed by atoms with Crippen molar-refractivity contribution in [2.75, 3.05) is 0 Å². The van der Waals surface area contributed by atoms with E-state index in [1.807, 2.05) is 0 Å². The molecule has 0 atom stereocenters. The molecule has 3 aromatic rings. The summed E-state index contributed by atoms with van der Waals surface area (Å²) in [7, 11) is 0. The minimum absolute atomic E-state index is 0.0449. The number of furan rings is 1. The fourth-order valence-electron chi connectivity index (χ4n) is 2.20. The lowest BCUT2D eigenvalue weighted by molar-refractivity contribution is -0.384. The molecule has 26 heavy (non-hydrogen) atoms. The fraction of sp³-hybridized carbons (Fsp3) is 0. The number of rotatable bonds is 5. The lowest BCUT2D eigenvalue weighted by Gasteiger charge is -1.99. The van der Waals surface area contributed by atoms with Gasteiger partial charge in [0.1, 0.15) is 17.3 Å². The molecule has 0 unspecified atom stereocenters. The SMILES string of the molecule is O=C(N/N=C\c1ccc(-c2cccc([N+](=O)[O-])c2)o1)c1cccc(F)c1. The summed E-state index contributed by atoms with van der Waals surface area (Å²) in [5, 5.41) is 14.6. The van der Waals surface area contributed by atoms with Gasteiger partial charge in [-0.15, -0.1) is 0 Å². The molecule has 0 spiro atoms. The van der Waals surface area contributed by atoms with Gasteiger partial charge >= 0.3 is 0 Å². The van der Waals surface area contributed by atoms with E-state index in [9.17, 15) is 19.3 Å². The minimum atomic E-state index is -0.564. The summed E-state index contributed by atoms with van der Waals surface area (Å²) < 4.78 is 18.6. The van der Waals surface area contributed by atoms with Crippen LogP contribution in [0.3, 0.4) is 0 Å². The number of carbonyl (C=O) groups excluding carboxylic acids is 1. The molecule has 0 saturated heterocycles. The van der Waals surface area contributed by atoms with Crippen molar-refractivity contribution in [1.29, 1.82) is 0 Å². The van der Waals surface area contributed by atoms with Crippen molar-refractivity contribution in [2.45, 2.75) is 0 Å². The standard InChI is InChI=1S/C18H12FN3O4/c19-14-5-1-4-13(9-14)18(23)21-20-11-16-7-8-17(26-16)12-3-2-6-15(10-12)22(24)25/h1-11H,(H,21,23)/b20-11-. The van der Waals surface area contributed by atoms with Crippen LogP contribution in [0.5, 0.6) is 0 Å². The van der Waals surface area contributed by atoms with Crippen molar-refractivity contribution in [3.63, 3.8) is 0 Å². The summed E-state index contributed by atoms with van der Waals surface area (Å²) in [6.45, 7) is 0. The van der Waals surface area contributed by atoms with Gasteiger partial charge in [0.15, 0.2) is 0 Å². The van der Waals surface area contributed by atoms with Crippen LogP contribution in [0.4, 0.5) is 10.1 Å². The first-order valence-corrected chi connectivity index (χ1v) is 7.46. The van der Waals surface area contributed by atoms with Crippen molar-refractivity contribution in [3.05, 3.63) is 87.9 Å². The number of nitrogens with one attached hydrogen (secondary N) is 1. The zero-order chi connectivity index (χ0) is 18.5. The normalized spacial score (nSPS) is 10.8. The Kier molecular flexibility index (Phi) is 4.84. The van der Waals surface area contributed by atoms with E-state index in [0.717, 1.165) is 6.07 Å². The Morgan fingerprint density at radius 2 is 1.96 bits per heavy atom. The van der Waals surface area contributed by atoms with Crippen molar-refractivity contribution in [3.8, 4) is 11.3 Å². The average Bonchev–Trinajstić information content (AvgIpc) is 3.10. The van der Waals surface area contributed by atoms with E-state index in [0.29, 0.717) is 17.1 Å². The topological polar surface area (TPSA) is 97.7 Å². The van der Waals surface area contributed by atoms with Crippen LogP contribution >= 0.6 is 0 Å². The lowest BCUT2D eigenvalue weighted by atomic mass is 10.1. The Bertz CT molecular complexity index is 997. The Morgan fingerprint density at radius 1 is 1.15 bits per heavy atom. The molecular formula is C18H12FN3O4. The Morgan fingerprint density at radius 3 is 2.73 bits per heavy atom. The summed E-state index contributed by atoms with van der Waals surface area (Å²) in [5.41, 5.74) is 2.90. The number of nitro groups is 1. The van der Waals surface area contributed by atoms with Gasteiger partial charge in [-0.2, -0.15) is 5.10 Å². The molecule has 1 aromatic heterocycles. The fourth-order valence-corrected chi connectivity index (χ4v) is 2.20. The molecule has 0 aliphatic rings. The Balaban J connectivity index is 1.68. The number of benzene rings is 2. The maximum absolute atomic E-state index is 13.1. The van der Waals surface area contributed by atoms with E-state index in [-0.39, 0.29) is 11.3 Å². The third-order valence-corrected chi connectivity index (χ3v) is 3.41. The van der Waals surface area contributed by atoms with E-state index < -0.39 is 16.6 Å². The third kappa shape index (κ3) is 3.99. The first-order valence-electron chi connectivity index (χ1n) is 7.46. The Hall–Kier alpha value is -3.81. The maximum Gasteiger partial charge on any atom is 0.271 e. The molecule has 1 N–H and O–H groups in total. The van der Waals surface area contributed by atoms with Crippen LogP contribution < -0.4 is 5.43 Å². The summed E-state index contributed by atoms with van der Waals surface area (Å²) in [6.07, 6.45) is 1.28. The highest BCUT2D eigenvalue weighted by Gasteiger charge is 2.10. The van der Waals surface area contributed by atoms with Crippen LogP contribution in [-0.2, 0) is 0 Å².